The molecule has 2 fully saturated rings. The summed E-state index contributed by atoms with van der Waals surface area (Å²) in [6, 6.07) is 5.34. The molecule has 1 aromatic rings. The maximum absolute atomic E-state index is 13.2. The minimum absolute atomic E-state index is 0.0753. The summed E-state index contributed by atoms with van der Waals surface area (Å²) in [5, 5.41) is 0. The minimum Gasteiger partial charge on any atom is -0.385 e. The molecule has 25 heavy (non-hydrogen) atoms. The van der Waals surface area contributed by atoms with E-state index in [1.807, 2.05) is 18.2 Å². The van der Waals surface area contributed by atoms with Crippen LogP contribution in [0.4, 0.5) is 4.79 Å². The van der Waals surface area contributed by atoms with Crippen LogP contribution < -0.4 is 0 Å². The Bertz CT molecular complexity index is 614. The molecule has 1 aromatic heterocycles. The number of piperidine rings is 1. The molecular weight excluding hydrogens is 320 g/mol. The van der Waals surface area contributed by atoms with Gasteiger partial charge in [-0.15, -0.1) is 0 Å². The van der Waals surface area contributed by atoms with E-state index in [0.717, 1.165) is 25.2 Å². The van der Waals surface area contributed by atoms with Crippen LogP contribution in [0.2, 0.25) is 0 Å². The first-order valence-corrected chi connectivity index (χ1v) is 8.79. The Morgan fingerprint density at radius 2 is 2.00 bits per heavy atom. The van der Waals surface area contributed by atoms with Crippen molar-refractivity contribution in [3.8, 4) is 0 Å². The van der Waals surface area contributed by atoms with Gasteiger partial charge in [0.05, 0.1) is 12.2 Å². The number of pyridine rings is 1. The molecule has 0 N–H and O–H groups in total. The Balaban J connectivity index is 1.83. The number of amides is 3. The lowest BCUT2D eigenvalue weighted by Gasteiger charge is -2.41. The zero-order valence-electron chi connectivity index (χ0n) is 15.0. The van der Waals surface area contributed by atoms with Crippen molar-refractivity contribution in [2.75, 3.05) is 40.4 Å². The molecule has 136 valence electrons. The van der Waals surface area contributed by atoms with Gasteiger partial charge in [-0.1, -0.05) is 6.07 Å². The number of hydrogen-bond donors (Lipinski definition) is 0. The molecule has 0 radical (unpaired) electrons. The van der Waals surface area contributed by atoms with Crippen LogP contribution in [-0.2, 0) is 16.1 Å². The van der Waals surface area contributed by atoms with Crippen LogP contribution in [-0.4, -0.2) is 77.6 Å². The molecular formula is C18H26N4O3. The molecule has 3 rings (SSSR count). The van der Waals surface area contributed by atoms with Crippen LogP contribution in [0.25, 0.3) is 0 Å². The highest BCUT2D eigenvalue weighted by Gasteiger charge is 2.57. The second-order valence-corrected chi connectivity index (χ2v) is 6.83. The number of urea groups is 1. The molecule has 0 bridgehead atoms. The second-order valence-electron chi connectivity index (χ2n) is 6.83. The summed E-state index contributed by atoms with van der Waals surface area (Å²) in [5.74, 6) is -0.0753. The van der Waals surface area contributed by atoms with Gasteiger partial charge in [-0.05, 0) is 38.4 Å². The fourth-order valence-electron chi connectivity index (χ4n) is 3.72. The number of aromatic nitrogens is 1. The Labute approximate surface area is 148 Å². The third-order valence-electron chi connectivity index (χ3n) is 5.21. The predicted molar refractivity (Wildman–Crippen MR) is 92.8 cm³/mol. The number of likely N-dealkylation sites (tertiary alicyclic amines) is 1. The van der Waals surface area contributed by atoms with Crippen molar-refractivity contribution in [1.29, 1.82) is 0 Å². The highest BCUT2D eigenvalue weighted by molar-refractivity contribution is 6.07. The highest BCUT2D eigenvalue weighted by Crippen LogP contribution is 2.37. The number of rotatable bonds is 6. The Morgan fingerprint density at radius 1 is 1.24 bits per heavy atom. The summed E-state index contributed by atoms with van der Waals surface area (Å²) in [6.07, 6.45) is 3.77. The molecule has 0 atom stereocenters. The summed E-state index contributed by atoms with van der Waals surface area (Å²) < 4.78 is 5.12. The number of hydrogen-bond acceptors (Lipinski definition) is 5. The fraction of sp³-hybridized carbons (Fsp3) is 0.611. The smallest absolute Gasteiger partial charge is 0.328 e. The Morgan fingerprint density at radius 3 is 2.64 bits per heavy atom. The van der Waals surface area contributed by atoms with E-state index in [-0.39, 0.29) is 18.5 Å². The molecule has 0 aromatic carbocycles. The van der Waals surface area contributed by atoms with Crippen LogP contribution >= 0.6 is 0 Å². The number of nitrogens with zero attached hydrogens (tertiary/aromatic N) is 4. The first-order chi connectivity index (χ1) is 12.1. The van der Waals surface area contributed by atoms with Gasteiger partial charge in [0.2, 0.25) is 0 Å². The van der Waals surface area contributed by atoms with Gasteiger partial charge in [0.15, 0.2) is 0 Å². The third kappa shape index (κ3) is 3.39. The van der Waals surface area contributed by atoms with Crippen molar-refractivity contribution in [3.63, 3.8) is 0 Å². The average molecular weight is 346 g/mol. The molecule has 0 saturated carbocycles. The van der Waals surface area contributed by atoms with Crippen molar-refractivity contribution < 1.29 is 14.3 Å². The monoisotopic (exact) mass is 346 g/mol. The number of carbonyl (C=O) groups is 2. The Kier molecular flexibility index (Phi) is 5.34. The summed E-state index contributed by atoms with van der Waals surface area (Å²) >= 11 is 0. The molecule has 0 unspecified atom stereocenters. The van der Waals surface area contributed by atoms with Gasteiger partial charge in [-0.25, -0.2) is 4.79 Å². The zero-order chi connectivity index (χ0) is 17.9. The lowest BCUT2D eigenvalue weighted by atomic mass is 9.86. The lowest BCUT2D eigenvalue weighted by molar-refractivity contribution is -0.136. The van der Waals surface area contributed by atoms with Crippen LogP contribution in [0, 0.1) is 0 Å². The van der Waals surface area contributed by atoms with Crippen molar-refractivity contribution in [3.05, 3.63) is 30.1 Å². The summed E-state index contributed by atoms with van der Waals surface area (Å²) in [4.78, 5) is 35.9. The van der Waals surface area contributed by atoms with E-state index in [0.29, 0.717) is 26.0 Å². The molecule has 3 amide bonds. The van der Waals surface area contributed by atoms with Gasteiger partial charge in [0.1, 0.15) is 5.54 Å². The largest absolute Gasteiger partial charge is 0.385 e. The van der Waals surface area contributed by atoms with Crippen molar-refractivity contribution in [2.45, 2.75) is 31.3 Å². The number of imide groups is 1. The van der Waals surface area contributed by atoms with Crippen LogP contribution in [0.1, 0.15) is 25.0 Å². The van der Waals surface area contributed by atoms with Gasteiger partial charge in [0, 0.05) is 39.5 Å². The molecule has 3 heterocycles. The molecule has 7 heteroatoms. The molecule has 0 aliphatic carbocycles. The maximum atomic E-state index is 13.2. The quantitative estimate of drug-likeness (QED) is 0.575. The standard InChI is InChI=1S/C18H26N4O3/c1-20-11-7-18(8-12-20)16(23)21(14-15-6-3-4-9-19-15)17(24)22(18)10-5-13-25-2/h3-4,6,9H,5,7-8,10-14H2,1-2H3. The third-order valence-corrected chi connectivity index (χ3v) is 5.21. The second kappa shape index (κ2) is 7.49. The Hall–Kier alpha value is -1.99. The van der Waals surface area contributed by atoms with Crippen molar-refractivity contribution in [2.24, 2.45) is 0 Å². The van der Waals surface area contributed by atoms with Crippen LogP contribution in [0.3, 0.4) is 0 Å². The molecule has 7 nitrogen and oxygen atoms in total. The molecule has 2 aliphatic rings. The minimum atomic E-state index is -0.702. The number of methoxy groups -OCH3 is 1. The first-order valence-electron chi connectivity index (χ1n) is 8.79. The van der Waals surface area contributed by atoms with E-state index in [1.54, 1.807) is 18.2 Å². The van der Waals surface area contributed by atoms with Gasteiger partial charge < -0.3 is 14.5 Å². The summed E-state index contributed by atoms with van der Waals surface area (Å²) in [5.41, 5.74) is 0.0255. The average Bonchev–Trinajstić information content (AvgIpc) is 2.81. The van der Waals surface area contributed by atoms with Gasteiger partial charge in [0.25, 0.3) is 5.91 Å². The molecule has 2 saturated heterocycles. The molecule has 1 spiro atoms. The topological polar surface area (TPSA) is 66.0 Å². The van der Waals surface area contributed by atoms with Crippen molar-refractivity contribution >= 4 is 11.9 Å². The van der Waals surface area contributed by atoms with E-state index in [2.05, 4.69) is 16.9 Å². The zero-order valence-corrected chi connectivity index (χ0v) is 15.0. The predicted octanol–water partition coefficient (Wildman–Crippen LogP) is 1.35. The number of carbonyl (C=O) groups excluding carboxylic acids is 2. The van der Waals surface area contributed by atoms with Crippen molar-refractivity contribution in [1.82, 2.24) is 19.7 Å². The van der Waals surface area contributed by atoms with Gasteiger partial charge >= 0.3 is 6.03 Å². The molecule has 2 aliphatic heterocycles. The SMILES string of the molecule is COCCCN1C(=O)N(Cc2ccccn2)C(=O)C12CCN(C)CC2. The summed E-state index contributed by atoms with van der Waals surface area (Å²) in [6.45, 7) is 2.99. The van der Waals surface area contributed by atoms with E-state index in [1.165, 1.54) is 4.90 Å². The summed E-state index contributed by atoms with van der Waals surface area (Å²) in [7, 11) is 3.70. The number of ether oxygens (including phenoxy) is 1. The first kappa shape index (κ1) is 17.8. The normalized spacial score (nSPS) is 20.7. The van der Waals surface area contributed by atoms with Crippen LogP contribution in [0.5, 0.6) is 0 Å². The fourth-order valence-corrected chi connectivity index (χ4v) is 3.72. The van der Waals surface area contributed by atoms with E-state index < -0.39 is 5.54 Å². The van der Waals surface area contributed by atoms with E-state index >= 15 is 0 Å². The van der Waals surface area contributed by atoms with Gasteiger partial charge in [-0.2, -0.15) is 0 Å². The highest BCUT2D eigenvalue weighted by atomic mass is 16.5. The van der Waals surface area contributed by atoms with Crippen LogP contribution in [0.15, 0.2) is 24.4 Å². The maximum Gasteiger partial charge on any atom is 0.328 e. The van der Waals surface area contributed by atoms with E-state index in [9.17, 15) is 9.59 Å². The van der Waals surface area contributed by atoms with Gasteiger partial charge in [-0.3, -0.25) is 14.7 Å². The lowest BCUT2D eigenvalue weighted by Crippen LogP contribution is -2.56. The van der Waals surface area contributed by atoms with E-state index in [4.69, 9.17) is 4.74 Å².